The largest absolute Gasteiger partial charge is 0.465 e. The minimum Gasteiger partial charge on any atom is -0.465 e. The van der Waals surface area contributed by atoms with Crippen molar-refractivity contribution < 1.29 is 9.53 Å². The van der Waals surface area contributed by atoms with Gasteiger partial charge in [0.15, 0.2) is 0 Å². The van der Waals surface area contributed by atoms with Crippen LogP contribution < -0.4 is 5.32 Å². The highest BCUT2D eigenvalue weighted by Crippen LogP contribution is 2.20. The molecule has 2 aromatic rings. The summed E-state index contributed by atoms with van der Waals surface area (Å²) in [4.78, 5) is 14.6. The molecule has 0 aliphatic carbocycles. The SMILES string of the molecule is CNCC#Cc1ccc2[nH]cc(C(=O)OC)c2c1. The van der Waals surface area contributed by atoms with Crippen molar-refractivity contribution >= 4 is 16.9 Å². The molecular weight excluding hydrogens is 228 g/mol. The Hall–Kier alpha value is -2.25. The maximum absolute atomic E-state index is 11.6. The molecule has 18 heavy (non-hydrogen) atoms. The van der Waals surface area contributed by atoms with E-state index in [0.29, 0.717) is 12.1 Å². The number of hydrogen-bond donors (Lipinski definition) is 2. The van der Waals surface area contributed by atoms with E-state index in [-0.39, 0.29) is 5.97 Å². The maximum atomic E-state index is 11.6. The van der Waals surface area contributed by atoms with Crippen molar-refractivity contribution in [2.75, 3.05) is 20.7 Å². The third kappa shape index (κ3) is 2.36. The highest BCUT2D eigenvalue weighted by atomic mass is 16.5. The first-order chi connectivity index (χ1) is 8.76. The van der Waals surface area contributed by atoms with Gasteiger partial charge in [0.1, 0.15) is 0 Å². The Balaban J connectivity index is 2.43. The second kappa shape index (κ2) is 5.39. The van der Waals surface area contributed by atoms with Crippen LogP contribution in [0.3, 0.4) is 0 Å². The highest BCUT2D eigenvalue weighted by Gasteiger charge is 2.11. The Bertz CT molecular complexity index is 632. The number of carbonyl (C=O) groups is 1. The van der Waals surface area contributed by atoms with Crippen LogP contribution in [-0.2, 0) is 4.74 Å². The number of hydrogen-bond acceptors (Lipinski definition) is 3. The third-order valence-corrected chi connectivity index (χ3v) is 2.58. The van der Waals surface area contributed by atoms with Gasteiger partial charge in [-0.25, -0.2) is 4.79 Å². The summed E-state index contributed by atoms with van der Waals surface area (Å²) in [5, 5.41) is 3.79. The smallest absolute Gasteiger partial charge is 0.340 e. The van der Waals surface area contributed by atoms with Crippen LogP contribution in [0.1, 0.15) is 15.9 Å². The number of nitrogens with one attached hydrogen (secondary N) is 2. The zero-order valence-corrected chi connectivity index (χ0v) is 10.3. The van der Waals surface area contributed by atoms with E-state index in [9.17, 15) is 4.79 Å². The van der Waals surface area contributed by atoms with Gasteiger partial charge in [-0.05, 0) is 25.2 Å². The fraction of sp³-hybridized carbons (Fsp3) is 0.214. The van der Waals surface area contributed by atoms with Crippen molar-refractivity contribution in [1.29, 1.82) is 0 Å². The molecule has 2 rings (SSSR count). The number of rotatable bonds is 2. The van der Waals surface area contributed by atoms with E-state index >= 15 is 0 Å². The first-order valence-electron chi connectivity index (χ1n) is 5.59. The number of fused-ring (bicyclic) bond motifs is 1. The van der Waals surface area contributed by atoms with Crippen LogP contribution in [-0.4, -0.2) is 31.7 Å². The predicted octanol–water partition coefficient (Wildman–Crippen LogP) is 1.53. The summed E-state index contributed by atoms with van der Waals surface area (Å²) >= 11 is 0. The molecule has 1 aromatic heterocycles. The number of ether oxygens (including phenoxy) is 1. The van der Waals surface area contributed by atoms with Gasteiger partial charge in [-0.3, -0.25) is 0 Å². The molecule has 1 heterocycles. The molecule has 0 unspecified atom stereocenters. The van der Waals surface area contributed by atoms with Gasteiger partial charge in [0.2, 0.25) is 0 Å². The minimum absolute atomic E-state index is 0.346. The molecule has 0 radical (unpaired) electrons. The van der Waals surface area contributed by atoms with E-state index in [2.05, 4.69) is 22.1 Å². The van der Waals surface area contributed by atoms with Crippen molar-refractivity contribution in [2.45, 2.75) is 0 Å². The van der Waals surface area contributed by atoms with E-state index in [1.165, 1.54) is 7.11 Å². The van der Waals surface area contributed by atoms with Crippen LogP contribution in [0.4, 0.5) is 0 Å². The number of aromatic amines is 1. The molecule has 0 bridgehead atoms. The molecule has 2 N–H and O–H groups in total. The van der Waals surface area contributed by atoms with Crippen molar-refractivity contribution in [3.8, 4) is 11.8 Å². The van der Waals surface area contributed by atoms with E-state index < -0.39 is 0 Å². The van der Waals surface area contributed by atoms with Gasteiger partial charge < -0.3 is 15.0 Å². The van der Waals surface area contributed by atoms with Gasteiger partial charge in [-0.1, -0.05) is 11.8 Å². The Morgan fingerprint density at radius 1 is 1.50 bits per heavy atom. The second-order valence-corrected chi connectivity index (χ2v) is 3.79. The topological polar surface area (TPSA) is 54.1 Å². The van der Waals surface area contributed by atoms with Crippen LogP contribution in [0.25, 0.3) is 10.9 Å². The molecule has 4 nitrogen and oxygen atoms in total. The van der Waals surface area contributed by atoms with Crippen LogP contribution in [0, 0.1) is 11.8 Å². The van der Waals surface area contributed by atoms with Gasteiger partial charge in [0, 0.05) is 22.7 Å². The molecule has 4 heteroatoms. The van der Waals surface area contributed by atoms with E-state index in [0.717, 1.165) is 16.5 Å². The number of benzene rings is 1. The fourth-order valence-corrected chi connectivity index (χ4v) is 1.71. The lowest BCUT2D eigenvalue weighted by atomic mass is 10.1. The average Bonchev–Trinajstić information content (AvgIpc) is 2.81. The maximum Gasteiger partial charge on any atom is 0.340 e. The van der Waals surface area contributed by atoms with Crippen molar-refractivity contribution in [3.05, 3.63) is 35.5 Å². The Kier molecular flexibility index (Phi) is 3.66. The predicted molar refractivity (Wildman–Crippen MR) is 70.4 cm³/mol. The Morgan fingerprint density at radius 3 is 3.06 bits per heavy atom. The van der Waals surface area contributed by atoms with Crippen molar-refractivity contribution in [3.63, 3.8) is 0 Å². The third-order valence-electron chi connectivity index (χ3n) is 2.58. The van der Waals surface area contributed by atoms with Gasteiger partial charge in [0.25, 0.3) is 0 Å². The lowest BCUT2D eigenvalue weighted by molar-refractivity contribution is 0.0603. The van der Waals surface area contributed by atoms with Crippen molar-refractivity contribution in [1.82, 2.24) is 10.3 Å². The minimum atomic E-state index is -0.346. The normalized spacial score (nSPS) is 9.89. The molecule has 0 fully saturated rings. The quantitative estimate of drug-likeness (QED) is 0.620. The number of esters is 1. The van der Waals surface area contributed by atoms with E-state index in [1.54, 1.807) is 6.20 Å². The van der Waals surface area contributed by atoms with Crippen LogP contribution in [0.5, 0.6) is 0 Å². The van der Waals surface area contributed by atoms with Gasteiger partial charge in [0.05, 0.1) is 19.2 Å². The van der Waals surface area contributed by atoms with E-state index in [1.807, 2.05) is 25.2 Å². The Morgan fingerprint density at radius 2 is 2.33 bits per heavy atom. The monoisotopic (exact) mass is 242 g/mol. The molecule has 0 aliphatic rings. The number of carbonyl (C=O) groups excluding carboxylic acids is 1. The standard InChI is InChI=1S/C14H14N2O2/c1-15-7-3-4-10-5-6-13-11(8-10)12(9-16-13)14(17)18-2/h5-6,8-9,15-16H,7H2,1-2H3. The lowest BCUT2D eigenvalue weighted by Gasteiger charge is -1.97. The van der Waals surface area contributed by atoms with Crippen LogP contribution in [0.15, 0.2) is 24.4 Å². The zero-order chi connectivity index (χ0) is 13.0. The molecule has 0 atom stereocenters. The molecule has 0 aliphatic heterocycles. The van der Waals surface area contributed by atoms with Crippen LogP contribution >= 0.6 is 0 Å². The lowest BCUT2D eigenvalue weighted by Crippen LogP contribution is -2.04. The fourth-order valence-electron chi connectivity index (χ4n) is 1.71. The summed E-state index contributed by atoms with van der Waals surface area (Å²) in [6.07, 6.45) is 1.65. The Labute approximate surface area is 105 Å². The summed E-state index contributed by atoms with van der Waals surface area (Å²) in [7, 11) is 3.22. The summed E-state index contributed by atoms with van der Waals surface area (Å²) in [6.45, 7) is 0.634. The number of aromatic nitrogens is 1. The van der Waals surface area contributed by atoms with Crippen LogP contribution in [0.2, 0.25) is 0 Å². The van der Waals surface area contributed by atoms with Gasteiger partial charge in [-0.2, -0.15) is 0 Å². The summed E-state index contributed by atoms with van der Waals surface area (Å²) < 4.78 is 4.74. The molecule has 0 amide bonds. The number of methoxy groups -OCH3 is 1. The average molecular weight is 242 g/mol. The first-order valence-corrected chi connectivity index (χ1v) is 5.59. The van der Waals surface area contributed by atoms with Gasteiger partial charge in [-0.15, -0.1) is 0 Å². The first kappa shape index (κ1) is 12.2. The molecule has 92 valence electrons. The van der Waals surface area contributed by atoms with Gasteiger partial charge >= 0.3 is 5.97 Å². The molecular formula is C14H14N2O2. The molecule has 0 spiro atoms. The number of H-pyrrole nitrogens is 1. The molecule has 0 saturated heterocycles. The summed E-state index contributed by atoms with van der Waals surface area (Å²) in [6, 6.07) is 5.72. The van der Waals surface area contributed by atoms with E-state index in [4.69, 9.17) is 4.74 Å². The second-order valence-electron chi connectivity index (χ2n) is 3.79. The van der Waals surface area contributed by atoms with Crippen molar-refractivity contribution in [2.24, 2.45) is 0 Å². The summed E-state index contributed by atoms with van der Waals surface area (Å²) in [5.41, 5.74) is 2.31. The zero-order valence-electron chi connectivity index (χ0n) is 10.3. The molecule has 0 saturated carbocycles. The highest BCUT2D eigenvalue weighted by molar-refractivity contribution is 6.04. The molecule has 1 aromatic carbocycles. The summed E-state index contributed by atoms with van der Waals surface area (Å²) in [5.74, 6) is 5.67.